The van der Waals surface area contributed by atoms with Crippen molar-refractivity contribution in [3.05, 3.63) is 30.0 Å². The van der Waals surface area contributed by atoms with Gasteiger partial charge in [-0.15, -0.1) is 0 Å². The van der Waals surface area contributed by atoms with Crippen LogP contribution in [0.1, 0.15) is 26.3 Å². The second-order valence-corrected chi connectivity index (χ2v) is 4.67. The third kappa shape index (κ3) is 2.17. The molecule has 0 atom stereocenters. The number of benzene rings is 1. The van der Waals surface area contributed by atoms with Gasteiger partial charge in [-0.25, -0.2) is 0 Å². The molecule has 0 bridgehead atoms. The fraction of sp³-hybridized carbons (Fsp3) is 0.308. The molecule has 0 aliphatic heterocycles. The highest BCUT2D eigenvalue weighted by Crippen LogP contribution is 2.34. The lowest BCUT2D eigenvalue weighted by Gasteiger charge is -2.22. The van der Waals surface area contributed by atoms with Gasteiger partial charge < -0.3 is 15.4 Å². The van der Waals surface area contributed by atoms with Gasteiger partial charge in [0.2, 0.25) is 5.91 Å². The van der Waals surface area contributed by atoms with Gasteiger partial charge >= 0.3 is 0 Å². The maximum absolute atomic E-state index is 11.2. The number of hydrogen-bond acceptors (Lipinski definition) is 2. The number of rotatable bonds is 2. The standard InChI is InChI=1S/C13H16N2O2/c1-8(16)15-10-5-4-9-6-7-14-12(9)11(10)13(2,3)17/h4-7,14,17H,1-3H3,(H,15,16). The molecule has 90 valence electrons. The number of fused-ring (bicyclic) bond motifs is 1. The number of amides is 1. The molecule has 0 spiro atoms. The number of nitrogens with one attached hydrogen (secondary N) is 2. The fourth-order valence-electron chi connectivity index (χ4n) is 2.06. The smallest absolute Gasteiger partial charge is 0.221 e. The summed E-state index contributed by atoms with van der Waals surface area (Å²) in [6, 6.07) is 5.65. The Balaban J connectivity index is 2.70. The second-order valence-electron chi connectivity index (χ2n) is 4.67. The summed E-state index contributed by atoms with van der Waals surface area (Å²) in [6.07, 6.45) is 1.82. The highest BCUT2D eigenvalue weighted by atomic mass is 16.3. The number of anilines is 1. The summed E-state index contributed by atoms with van der Waals surface area (Å²) in [4.78, 5) is 14.3. The van der Waals surface area contributed by atoms with E-state index in [0.717, 1.165) is 10.9 Å². The van der Waals surface area contributed by atoms with E-state index in [9.17, 15) is 9.90 Å². The van der Waals surface area contributed by atoms with Crippen molar-refractivity contribution in [1.29, 1.82) is 0 Å². The number of aromatic nitrogens is 1. The molecule has 2 aromatic rings. The van der Waals surface area contributed by atoms with Gasteiger partial charge in [0.1, 0.15) is 0 Å². The molecule has 0 fully saturated rings. The predicted octanol–water partition coefficient (Wildman–Crippen LogP) is 2.35. The van der Waals surface area contributed by atoms with Gasteiger partial charge in [-0.1, -0.05) is 6.07 Å². The molecule has 1 amide bonds. The monoisotopic (exact) mass is 232 g/mol. The van der Waals surface area contributed by atoms with Gasteiger partial charge in [-0.3, -0.25) is 4.79 Å². The molecule has 1 aromatic carbocycles. The number of carbonyl (C=O) groups excluding carboxylic acids is 1. The molecule has 4 heteroatoms. The minimum Gasteiger partial charge on any atom is -0.386 e. The molecule has 17 heavy (non-hydrogen) atoms. The Morgan fingerprint density at radius 2 is 2.06 bits per heavy atom. The molecule has 0 aliphatic carbocycles. The van der Waals surface area contributed by atoms with Crippen molar-refractivity contribution in [1.82, 2.24) is 4.98 Å². The molecule has 1 heterocycles. The number of carbonyl (C=O) groups is 1. The fourth-order valence-corrected chi connectivity index (χ4v) is 2.06. The van der Waals surface area contributed by atoms with Crippen molar-refractivity contribution in [3.63, 3.8) is 0 Å². The average molecular weight is 232 g/mol. The Kier molecular flexibility index (Phi) is 2.67. The number of aliphatic hydroxyl groups is 1. The second kappa shape index (κ2) is 3.89. The quantitative estimate of drug-likeness (QED) is 0.744. The van der Waals surface area contributed by atoms with Gasteiger partial charge in [-0.05, 0) is 31.4 Å². The molecule has 4 nitrogen and oxygen atoms in total. The highest BCUT2D eigenvalue weighted by molar-refractivity contribution is 5.95. The molecule has 2 rings (SSSR count). The lowest BCUT2D eigenvalue weighted by Crippen LogP contribution is -2.20. The summed E-state index contributed by atoms with van der Waals surface area (Å²) in [6.45, 7) is 4.86. The first-order valence-corrected chi connectivity index (χ1v) is 5.50. The molecule has 3 N–H and O–H groups in total. The maximum atomic E-state index is 11.2. The molecule has 0 saturated carbocycles. The van der Waals surface area contributed by atoms with Crippen LogP contribution in [0.5, 0.6) is 0 Å². The van der Waals surface area contributed by atoms with Crippen LogP contribution in [-0.2, 0) is 10.4 Å². The molecule has 0 radical (unpaired) electrons. The first-order chi connectivity index (χ1) is 7.89. The van der Waals surface area contributed by atoms with Crippen LogP contribution in [0.4, 0.5) is 5.69 Å². The van der Waals surface area contributed by atoms with Crippen LogP contribution in [-0.4, -0.2) is 16.0 Å². The maximum Gasteiger partial charge on any atom is 0.221 e. The summed E-state index contributed by atoms with van der Waals surface area (Å²) >= 11 is 0. The van der Waals surface area contributed by atoms with Crippen molar-refractivity contribution < 1.29 is 9.90 Å². The highest BCUT2D eigenvalue weighted by Gasteiger charge is 2.24. The third-order valence-corrected chi connectivity index (χ3v) is 2.65. The van der Waals surface area contributed by atoms with E-state index >= 15 is 0 Å². The lowest BCUT2D eigenvalue weighted by molar-refractivity contribution is -0.114. The Morgan fingerprint density at radius 1 is 1.35 bits per heavy atom. The van der Waals surface area contributed by atoms with E-state index in [1.54, 1.807) is 13.8 Å². The molecule has 0 unspecified atom stereocenters. The van der Waals surface area contributed by atoms with Crippen LogP contribution in [0.2, 0.25) is 0 Å². The van der Waals surface area contributed by atoms with Gasteiger partial charge in [0.15, 0.2) is 0 Å². The topological polar surface area (TPSA) is 65.1 Å². The first kappa shape index (κ1) is 11.7. The van der Waals surface area contributed by atoms with Crippen LogP contribution in [0.3, 0.4) is 0 Å². The van der Waals surface area contributed by atoms with Crippen molar-refractivity contribution in [2.24, 2.45) is 0 Å². The minimum absolute atomic E-state index is 0.151. The van der Waals surface area contributed by atoms with E-state index in [1.165, 1.54) is 6.92 Å². The normalized spacial score (nSPS) is 11.8. The van der Waals surface area contributed by atoms with E-state index in [-0.39, 0.29) is 5.91 Å². The van der Waals surface area contributed by atoms with Gasteiger partial charge in [-0.2, -0.15) is 0 Å². The average Bonchev–Trinajstić information content (AvgIpc) is 2.61. The van der Waals surface area contributed by atoms with Gasteiger partial charge in [0.05, 0.1) is 11.1 Å². The lowest BCUT2D eigenvalue weighted by atomic mass is 9.94. The molecular weight excluding hydrogens is 216 g/mol. The zero-order chi connectivity index (χ0) is 12.6. The first-order valence-electron chi connectivity index (χ1n) is 5.50. The summed E-state index contributed by atoms with van der Waals surface area (Å²) in [5.74, 6) is -0.151. The van der Waals surface area contributed by atoms with Crippen LogP contribution in [0, 0.1) is 0 Å². The van der Waals surface area contributed by atoms with Crippen LogP contribution in [0.25, 0.3) is 10.9 Å². The molecule has 0 saturated heterocycles. The van der Waals surface area contributed by atoms with E-state index in [2.05, 4.69) is 10.3 Å². The Hall–Kier alpha value is -1.81. The predicted molar refractivity (Wildman–Crippen MR) is 67.8 cm³/mol. The Bertz CT molecular complexity index is 564. The van der Waals surface area contributed by atoms with Crippen LogP contribution in [0.15, 0.2) is 24.4 Å². The zero-order valence-electron chi connectivity index (χ0n) is 10.2. The van der Waals surface area contributed by atoms with Crippen molar-refractivity contribution in [2.75, 3.05) is 5.32 Å². The van der Waals surface area contributed by atoms with E-state index in [1.807, 2.05) is 24.4 Å². The largest absolute Gasteiger partial charge is 0.386 e. The van der Waals surface area contributed by atoms with Gasteiger partial charge in [0.25, 0.3) is 0 Å². The third-order valence-electron chi connectivity index (χ3n) is 2.65. The molecule has 0 aliphatic rings. The minimum atomic E-state index is -1.03. The summed E-state index contributed by atoms with van der Waals surface area (Å²) < 4.78 is 0. The molecular formula is C13H16N2O2. The SMILES string of the molecule is CC(=O)Nc1ccc2cc[nH]c2c1C(C)(C)O. The number of H-pyrrole nitrogens is 1. The number of aromatic amines is 1. The van der Waals surface area contributed by atoms with Crippen LogP contribution >= 0.6 is 0 Å². The van der Waals surface area contributed by atoms with E-state index in [4.69, 9.17) is 0 Å². The Morgan fingerprint density at radius 3 is 2.65 bits per heavy atom. The van der Waals surface area contributed by atoms with Crippen molar-refractivity contribution in [3.8, 4) is 0 Å². The van der Waals surface area contributed by atoms with Crippen LogP contribution < -0.4 is 5.32 Å². The van der Waals surface area contributed by atoms with Crippen molar-refractivity contribution >= 4 is 22.5 Å². The Labute approximate surface area is 99.7 Å². The van der Waals surface area contributed by atoms with Crippen molar-refractivity contribution in [2.45, 2.75) is 26.4 Å². The summed E-state index contributed by atoms with van der Waals surface area (Å²) in [5.41, 5.74) is 1.17. The molecule has 1 aromatic heterocycles. The zero-order valence-corrected chi connectivity index (χ0v) is 10.2. The van der Waals surface area contributed by atoms with E-state index in [0.29, 0.717) is 11.3 Å². The van der Waals surface area contributed by atoms with Gasteiger partial charge in [0, 0.05) is 24.4 Å². The summed E-state index contributed by atoms with van der Waals surface area (Å²) in [7, 11) is 0. The van der Waals surface area contributed by atoms with E-state index < -0.39 is 5.60 Å². The summed E-state index contributed by atoms with van der Waals surface area (Å²) in [5, 5.41) is 14.0. The number of hydrogen-bond donors (Lipinski definition) is 3.